The van der Waals surface area contributed by atoms with Crippen molar-refractivity contribution in [2.75, 3.05) is 0 Å². The molecule has 1 heterocycles. The van der Waals surface area contributed by atoms with Gasteiger partial charge < -0.3 is 0 Å². The Hall–Kier alpha value is -0.500. The highest BCUT2D eigenvalue weighted by atomic mass is 35.5. The van der Waals surface area contributed by atoms with Crippen LogP contribution >= 0.6 is 11.6 Å². The van der Waals surface area contributed by atoms with Crippen molar-refractivity contribution < 1.29 is 0 Å². The molecule has 0 aromatic carbocycles. The number of H-pyrrole nitrogens is 1. The van der Waals surface area contributed by atoms with Crippen LogP contribution in [0.15, 0.2) is 6.20 Å². The molecule has 2 nitrogen and oxygen atoms in total. The first-order chi connectivity index (χ1) is 4.86. The van der Waals surface area contributed by atoms with Gasteiger partial charge in [0.15, 0.2) is 0 Å². The second-order valence-electron chi connectivity index (χ2n) is 2.71. The first-order valence-electron chi connectivity index (χ1n) is 3.51. The van der Waals surface area contributed by atoms with Crippen molar-refractivity contribution in [3.8, 4) is 0 Å². The SMILES string of the molecule is Cl[C@@H]1CCc2[nH]ncc2C1. The van der Waals surface area contributed by atoms with Gasteiger partial charge in [-0.25, -0.2) is 0 Å². The van der Waals surface area contributed by atoms with E-state index in [-0.39, 0.29) is 0 Å². The fourth-order valence-electron chi connectivity index (χ4n) is 1.37. The zero-order chi connectivity index (χ0) is 6.97. The topological polar surface area (TPSA) is 28.7 Å². The van der Waals surface area contributed by atoms with Gasteiger partial charge in [0.2, 0.25) is 0 Å². The first kappa shape index (κ1) is 6.23. The van der Waals surface area contributed by atoms with E-state index in [9.17, 15) is 0 Å². The second kappa shape index (κ2) is 2.27. The number of hydrogen-bond donors (Lipinski definition) is 1. The molecule has 0 aliphatic heterocycles. The van der Waals surface area contributed by atoms with Crippen LogP contribution < -0.4 is 0 Å². The summed E-state index contributed by atoms with van der Waals surface area (Å²) >= 11 is 5.96. The summed E-state index contributed by atoms with van der Waals surface area (Å²) in [6.07, 6.45) is 5.00. The molecule has 0 radical (unpaired) electrons. The summed E-state index contributed by atoms with van der Waals surface area (Å²) < 4.78 is 0. The Kier molecular flexibility index (Phi) is 1.42. The largest absolute Gasteiger partial charge is 0.282 e. The van der Waals surface area contributed by atoms with Crippen LogP contribution in [0.4, 0.5) is 0 Å². The van der Waals surface area contributed by atoms with Crippen LogP contribution in [0.2, 0.25) is 0 Å². The zero-order valence-electron chi connectivity index (χ0n) is 5.60. The number of hydrogen-bond acceptors (Lipinski definition) is 1. The molecule has 0 bridgehead atoms. The Morgan fingerprint density at radius 3 is 3.50 bits per heavy atom. The third-order valence-electron chi connectivity index (χ3n) is 1.96. The molecule has 1 aliphatic carbocycles. The van der Waals surface area contributed by atoms with Gasteiger partial charge in [-0.15, -0.1) is 11.6 Å². The average molecular weight is 157 g/mol. The number of aromatic amines is 1. The number of aromatic nitrogens is 2. The third-order valence-corrected chi connectivity index (χ3v) is 2.33. The van der Waals surface area contributed by atoms with Crippen molar-refractivity contribution in [2.45, 2.75) is 24.6 Å². The molecule has 0 amide bonds. The van der Waals surface area contributed by atoms with E-state index < -0.39 is 0 Å². The van der Waals surface area contributed by atoms with E-state index in [1.54, 1.807) is 0 Å². The molecule has 10 heavy (non-hydrogen) atoms. The van der Waals surface area contributed by atoms with Crippen LogP contribution in [0.25, 0.3) is 0 Å². The molecule has 0 fully saturated rings. The molecule has 1 aromatic heterocycles. The lowest BCUT2D eigenvalue weighted by Crippen LogP contribution is -2.12. The van der Waals surface area contributed by atoms with Gasteiger partial charge in [0, 0.05) is 11.1 Å². The molecule has 1 atom stereocenters. The Balaban J connectivity index is 2.30. The van der Waals surface area contributed by atoms with Crippen molar-refractivity contribution in [3.05, 3.63) is 17.5 Å². The minimum Gasteiger partial charge on any atom is -0.282 e. The fourth-order valence-corrected chi connectivity index (χ4v) is 1.65. The molecule has 1 N–H and O–H groups in total. The second-order valence-corrected chi connectivity index (χ2v) is 3.33. The third kappa shape index (κ3) is 0.926. The van der Waals surface area contributed by atoms with E-state index in [1.807, 2.05) is 6.20 Å². The van der Waals surface area contributed by atoms with Crippen LogP contribution in [0.3, 0.4) is 0 Å². The van der Waals surface area contributed by atoms with Crippen molar-refractivity contribution in [1.82, 2.24) is 10.2 Å². The minimum atomic E-state index is 0.324. The predicted molar refractivity (Wildman–Crippen MR) is 40.3 cm³/mol. The average Bonchev–Trinajstić information content (AvgIpc) is 2.33. The number of nitrogens with one attached hydrogen (secondary N) is 1. The smallest absolute Gasteiger partial charge is 0.0522 e. The van der Waals surface area contributed by atoms with Crippen molar-refractivity contribution in [2.24, 2.45) is 0 Å². The van der Waals surface area contributed by atoms with Gasteiger partial charge in [0.25, 0.3) is 0 Å². The molecule has 2 rings (SSSR count). The van der Waals surface area contributed by atoms with Crippen LogP contribution in [0, 0.1) is 0 Å². The molecular formula is C7H9ClN2. The molecule has 1 aliphatic rings. The Labute approximate surface area is 64.6 Å². The van der Waals surface area contributed by atoms with E-state index in [2.05, 4.69) is 10.2 Å². The monoisotopic (exact) mass is 156 g/mol. The number of halogens is 1. The molecular weight excluding hydrogens is 148 g/mol. The summed E-state index contributed by atoms with van der Waals surface area (Å²) in [7, 11) is 0. The molecule has 0 spiro atoms. The summed E-state index contributed by atoms with van der Waals surface area (Å²) in [5.74, 6) is 0. The molecule has 0 saturated heterocycles. The summed E-state index contributed by atoms with van der Waals surface area (Å²) in [4.78, 5) is 0. The first-order valence-corrected chi connectivity index (χ1v) is 3.95. The maximum absolute atomic E-state index is 5.96. The van der Waals surface area contributed by atoms with Gasteiger partial charge in [-0.1, -0.05) is 0 Å². The van der Waals surface area contributed by atoms with Gasteiger partial charge in [-0.2, -0.15) is 5.10 Å². The van der Waals surface area contributed by atoms with Crippen LogP contribution in [-0.2, 0) is 12.8 Å². The van der Waals surface area contributed by atoms with Gasteiger partial charge in [0.1, 0.15) is 0 Å². The maximum atomic E-state index is 5.96. The van der Waals surface area contributed by atoms with E-state index in [4.69, 9.17) is 11.6 Å². The molecule has 3 heteroatoms. The molecule has 54 valence electrons. The lowest BCUT2D eigenvalue weighted by molar-refractivity contribution is 0.683. The summed E-state index contributed by atoms with van der Waals surface area (Å²) in [5.41, 5.74) is 2.57. The number of fused-ring (bicyclic) bond motifs is 1. The van der Waals surface area contributed by atoms with Crippen molar-refractivity contribution in [3.63, 3.8) is 0 Å². The number of rotatable bonds is 0. The maximum Gasteiger partial charge on any atom is 0.0522 e. The van der Waals surface area contributed by atoms with Gasteiger partial charge in [0.05, 0.1) is 6.20 Å². The molecule has 0 unspecified atom stereocenters. The predicted octanol–water partition coefficient (Wildman–Crippen LogP) is 1.51. The highest BCUT2D eigenvalue weighted by Gasteiger charge is 2.17. The fraction of sp³-hybridized carbons (Fsp3) is 0.571. The Morgan fingerprint density at radius 2 is 2.60 bits per heavy atom. The highest BCUT2D eigenvalue weighted by molar-refractivity contribution is 6.20. The van der Waals surface area contributed by atoms with Crippen LogP contribution in [0.5, 0.6) is 0 Å². The van der Waals surface area contributed by atoms with E-state index in [1.165, 1.54) is 11.3 Å². The lowest BCUT2D eigenvalue weighted by Gasteiger charge is -2.14. The standard InChI is InChI=1S/C7H9ClN2/c8-6-1-2-7-5(3-6)4-9-10-7/h4,6H,1-3H2,(H,9,10)/t6-/m1/s1. The molecule has 0 saturated carbocycles. The van der Waals surface area contributed by atoms with E-state index >= 15 is 0 Å². The number of alkyl halides is 1. The summed E-state index contributed by atoms with van der Waals surface area (Å²) in [5, 5.41) is 7.25. The van der Waals surface area contributed by atoms with Gasteiger partial charge in [-0.3, -0.25) is 5.10 Å². The Bertz CT molecular complexity index is 231. The zero-order valence-corrected chi connectivity index (χ0v) is 6.36. The molecule has 1 aromatic rings. The summed E-state index contributed by atoms with van der Waals surface area (Å²) in [6, 6.07) is 0. The van der Waals surface area contributed by atoms with Gasteiger partial charge in [-0.05, 0) is 24.8 Å². The van der Waals surface area contributed by atoms with Crippen molar-refractivity contribution in [1.29, 1.82) is 0 Å². The Morgan fingerprint density at radius 1 is 1.70 bits per heavy atom. The number of nitrogens with zero attached hydrogens (tertiary/aromatic N) is 1. The van der Waals surface area contributed by atoms with Crippen LogP contribution in [-0.4, -0.2) is 15.6 Å². The normalized spacial score (nSPS) is 24.3. The quantitative estimate of drug-likeness (QED) is 0.567. The van der Waals surface area contributed by atoms with Crippen LogP contribution in [0.1, 0.15) is 17.7 Å². The lowest BCUT2D eigenvalue weighted by atomic mass is 9.98. The van der Waals surface area contributed by atoms with E-state index in [0.717, 1.165) is 19.3 Å². The van der Waals surface area contributed by atoms with Crippen molar-refractivity contribution >= 4 is 11.6 Å². The highest BCUT2D eigenvalue weighted by Crippen LogP contribution is 2.21. The number of aryl methyl sites for hydroxylation is 1. The van der Waals surface area contributed by atoms with E-state index in [0.29, 0.717) is 5.38 Å². The minimum absolute atomic E-state index is 0.324. The van der Waals surface area contributed by atoms with Gasteiger partial charge >= 0.3 is 0 Å². The summed E-state index contributed by atoms with van der Waals surface area (Å²) in [6.45, 7) is 0.